The Bertz CT molecular complexity index is 3050. The summed E-state index contributed by atoms with van der Waals surface area (Å²) in [7, 11) is 0. The van der Waals surface area contributed by atoms with E-state index in [9.17, 15) is 0 Å². The Balaban J connectivity index is 1.36. The summed E-state index contributed by atoms with van der Waals surface area (Å²) in [5.74, 6) is 0.413. The number of benzene rings is 8. The van der Waals surface area contributed by atoms with Gasteiger partial charge in [-0.2, -0.15) is 0 Å². The van der Waals surface area contributed by atoms with Crippen molar-refractivity contribution < 1.29 is 0 Å². The molecule has 0 bridgehead atoms. The largest absolute Gasteiger partial charge is 0.0616 e. The molecule has 0 aromatic heterocycles. The fourth-order valence-electron chi connectivity index (χ4n) is 10.2. The van der Waals surface area contributed by atoms with Crippen molar-refractivity contribution in [2.24, 2.45) is 0 Å². The van der Waals surface area contributed by atoms with Crippen LogP contribution in [0.4, 0.5) is 0 Å². The molecule has 0 N–H and O–H groups in total. The van der Waals surface area contributed by atoms with E-state index in [1.54, 1.807) is 0 Å². The summed E-state index contributed by atoms with van der Waals surface area (Å²) < 4.78 is 0. The van der Waals surface area contributed by atoms with Crippen molar-refractivity contribution >= 4 is 32.3 Å². The molecule has 59 heavy (non-hydrogen) atoms. The van der Waals surface area contributed by atoms with Gasteiger partial charge in [0.15, 0.2) is 0 Å². The molecule has 0 heterocycles. The quantitative estimate of drug-likeness (QED) is 0.157. The fourth-order valence-corrected chi connectivity index (χ4v) is 10.2. The van der Waals surface area contributed by atoms with E-state index in [1.807, 2.05) is 0 Å². The van der Waals surface area contributed by atoms with Gasteiger partial charge in [-0.1, -0.05) is 186 Å². The van der Waals surface area contributed by atoms with Crippen LogP contribution in [0.2, 0.25) is 0 Å². The summed E-state index contributed by atoms with van der Waals surface area (Å²) in [4.78, 5) is 0. The minimum atomic E-state index is -0.00209. The first-order chi connectivity index (χ1) is 27.9. The Morgan fingerprint density at radius 3 is 1.24 bits per heavy atom. The van der Waals surface area contributed by atoms with E-state index in [2.05, 4.69) is 198 Å². The van der Waals surface area contributed by atoms with Gasteiger partial charge in [0.2, 0.25) is 0 Å². The fraction of sp³-hybridized carbons (Fsp3) is 0.288. The van der Waals surface area contributed by atoms with Gasteiger partial charge in [0.25, 0.3) is 0 Å². The predicted octanol–water partition coefficient (Wildman–Crippen LogP) is 17.4. The van der Waals surface area contributed by atoms with Crippen LogP contribution in [0.15, 0.2) is 115 Å². The highest BCUT2D eigenvalue weighted by Gasteiger charge is 2.32. The zero-order chi connectivity index (χ0) is 41.5. The third-order valence-corrected chi connectivity index (χ3v) is 13.7. The Hall–Kier alpha value is -5.46. The van der Waals surface area contributed by atoms with Gasteiger partial charge in [0.1, 0.15) is 0 Å². The van der Waals surface area contributed by atoms with E-state index in [0.717, 1.165) is 6.42 Å². The van der Waals surface area contributed by atoms with Crippen molar-refractivity contribution in [3.8, 4) is 66.8 Å². The molecule has 10 rings (SSSR count). The maximum absolute atomic E-state index is 2.59. The first-order valence-corrected chi connectivity index (χ1v) is 22.0. The minimum absolute atomic E-state index is 0.00209. The molecule has 0 heteroatoms. The first-order valence-electron chi connectivity index (χ1n) is 22.0. The Morgan fingerprint density at radius 2 is 0.797 bits per heavy atom. The molecule has 0 fully saturated rings. The highest BCUT2D eigenvalue weighted by molar-refractivity contribution is 6.29. The normalized spacial score (nSPS) is 13.3. The van der Waals surface area contributed by atoms with Crippen LogP contribution in [0.25, 0.3) is 99.1 Å². The lowest BCUT2D eigenvalue weighted by Crippen LogP contribution is -2.16. The molecule has 0 atom stereocenters. The molecule has 0 amide bonds. The van der Waals surface area contributed by atoms with Crippen LogP contribution in [0.5, 0.6) is 0 Å². The van der Waals surface area contributed by atoms with Crippen LogP contribution >= 0.6 is 0 Å². The van der Waals surface area contributed by atoms with Crippen molar-refractivity contribution in [1.29, 1.82) is 0 Å². The Labute approximate surface area is 352 Å². The number of aryl methyl sites for hydroxylation is 1. The van der Waals surface area contributed by atoms with E-state index in [-0.39, 0.29) is 16.2 Å². The third kappa shape index (κ3) is 5.77. The summed E-state index contributed by atoms with van der Waals surface area (Å²) in [6.07, 6.45) is 1.04. The molecule has 294 valence electrons. The topological polar surface area (TPSA) is 0 Å². The molecule has 0 aliphatic heterocycles. The van der Waals surface area contributed by atoms with E-state index in [0.29, 0.717) is 5.92 Å². The van der Waals surface area contributed by atoms with Crippen LogP contribution in [0, 0.1) is 0 Å². The lowest BCUT2D eigenvalue weighted by Gasteiger charge is -2.27. The Morgan fingerprint density at radius 1 is 0.390 bits per heavy atom. The summed E-state index contributed by atoms with van der Waals surface area (Å²) >= 11 is 0. The van der Waals surface area contributed by atoms with Crippen molar-refractivity contribution in [2.45, 2.75) is 112 Å². The molecular weight excluding hydrogens is 709 g/mol. The molecule has 0 radical (unpaired) electrons. The highest BCUT2D eigenvalue weighted by Crippen LogP contribution is 2.58. The standard InChI is InChI=1S/C59H58/c1-13-34-18-19-41-44-20-21-46-49-31-51-52(32-50(49)47-23-22-45(48(41)24-34)55(44)56(46)47)54(37-28-39(58(7,8)9)30-40(29-37)59(10,11)12)43-17-15-14-16-42(43)53(51)36-25-35(33(2)3)26-38(27-36)57(4,5)6/h14-33H,13H2,1-12H3. The molecular formula is C59H58. The zero-order valence-corrected chi connectivity index (χ0v) is 37.3. The molecule has 0 saturated carbocycles. The molecule has 8 aromatic rings. The van der Waals surface area contributed by atoms with Crippen LogP contribution < -0.4 is 0 Å². The summed E-state index contributed by atoms with van der Waals surface area (Å²) in [6.45, 7) is 28.1. The zero-order valence-electron chi connectivity index (χ0n) is 37.3. The predicted molar refractivity (Wildman–Crippen MR) is 258 cm³/mol. The van der Waals surface area contributed by atoms with E-state index < -0.39 is 0 Å². The third-order valence-electron chi connectivity index (χ3n) is 13.7. The van der Waals surface area contributed by atoms with Crippen molar-refractivity contribution in [3.05, 3.63) is 143 Å². The van der Waals surface area contributed by atoms with Crippen LogP contribution in [-0.2, 0) is 22.7 Å². The summed E-state index contributed by atoms with van der Waals surface area (Å²) in [6, 6.07) is 46.1. The highest BCUT2D eigenvalue weighted by atomic mass is 14.3. The molecule has 2 aliphatic carbocycles. The molecule has 0 spiro atoms. The van der Waals surface area contributed by atoms with Gasteiger partial charge in [-0.05, 0) is 168 Å². The van der Waals surface area contributed by atoms with Gasteiger partial charge in [0, 0.05) is 0 Å². The van der Waals surface area contributed by atoms with E-state index >= 15 is 0 Å². The first kappa shape index (κ1) is 37.8. The second-order valence-corrected chi connectivity index (χ2v) is 21.1. The second kappa shape index (κ2) is 12.8. The summed E-state index contributed by atoms with van der Waals surface area (Å²) in [5, 5.41) is 8.11. The molecule has 0 unspecified atom stereocenters. The Kier molecular flexibility index (Phi) is 8.18. The summed E-state index contributed by atoms with van der Waals surface area (Å²) in [5.41, 5.74) is 23.1. The van der Waals surface area contributed by atoms with E-state index in [1.165, 1.54) is 127 Å². The molecule has 2 aliphatic rings. The number of hydrogen-bond acceptors (Lipinski definition) is 0. The van der Waals surface area contributed by atoms with Gasteiger partial charge in [-0.3, -0.25) is 0 Å². The van der Waals surface area contributed by atoms with Crippen LogP contribution in [0.3, 0.4) is 0 Å². The lowest BCUT2D eigenvalue weighted by molar-refractivity contribution is 0.569. The average molecular weight is 767 g/mol. The van der Waals surface area contributed by atoms with Gasteiger partial charge < -0.3 is 0 Å². The average Bonchev–Trinajstić information content (AvgIpc) is 3.68. The van der Waals surface area contributed by atoms with Crippen molar-refractivity contribution in [3.63, 3.8) is 0 Å². The van der Waals surface area contributed by atoms with Crippen molar-refractivity contribution in [2.75, 3.05) is 0 Å². The van der Waals surface area contributed by atoms with Gasteiger partial charge >= 0.3 is 0 Å². The number of hydrogen-bond donors (Lipinski definition) is 0. The van der Waals surface area contributed by atoms with Gasteiger partial charge in [-0.25, -0.2) is 0 Å². The van der Waals surface area contributed by atoms with Gasteiger partial charge in [-0.15, -0.1) is 0 Å². The number of fused-ring (bicyclic) bond motifs is 8. The molecule has 0 nitrogen and oxygen atoms in total. The van der Waals surface area contributed by atoms with Crippen LogP contribution in [0.1, 0.15) is 117 Å². The maximum Gasteiger partial charge on any atom is -0.00139 e. The van der Waals surface area contributed by atoms with Gasteiger partial charge in [0.05, 0.1) is 0 Å². The van der Waals surface area contributed by atoms with E-state index in [4.69, 9.17) is 0 Å². The smallest absolute Gasteiger partial charge is 0.00139 e. The minimum Gasteiger partial charge on any atom is -0.0616 e. The SMILES string of the molecule is CCc1ccc2c(c1)-c1ccc3c4c(ccc-2c14)-c1cc2c(-c4cc(C(C)C)cc(C(C)(C)C)c4)c4ccccc4c(-c4cc(C(C)(C)C)cc(C(C)(C)C)c4)c2cc1-3. The molecule has 0 saturated heterocycles. The van der Waals surface area contributed by atoms with Crippen LogP contribution in [-0.4, -0.2) is 0 Å². The monoisotopic (exact) mass is 766 g/mol. The molecule has 8 aromatic carbocycles. The van der Waals surface area contributed by atoms with Crippen molar-refractivity contribution in [1.82, 2.24) is 0 Å². The lowest BCUT2D eigenvalue weighted by atomic mass is 9.77. The number of rotatable bonds is 4. The maximum atomic E-state index is 2.59. The second-order valence-electron chi connectivity index (χ2n) is 21.1.